The fraction of sp³-hybridized carbons (Fsp3) is 0.444. The number of fused-ring (bicyclic) bond motifs is 1. The molecular formula is C18H21NO5. The molecule has 0 bridgehead atoms. The van der Waals surface area contributed by atoms with E-state index in [2.05, 4.69) is 5.32 Å². The number of hydrogen-bond acceptors (Lipinski definition) is 4. The Kier molecular flexibility index (Phi) is 4.74. The van der Waals surface area contributed by atoms with Crippen molar-refractivity contribution in [3.8, 4) is 11.5 Å². The Bertz CT molecular complexity index is 674. The number of rotatable bonds is 4. The summed E-state index contributed by atoms with van der Waals surface area (Å²) in [5.74, 6) is 0.124. The van der Waals surface area contributed by atoms with Crippen molar-refractivity contribution in [1.82, 2.24) is 5.32 Å². The van der Waals surface area contributed by atoms with Crippen LogP contribution in [0.5, 0.6) is 11.5 Å². The highest BCUT2D eigenvalue weighted by atomic mass is 16.5. The van der Waals surface area contributed by atoms with Crippen LogP contribution in [0.4, 0.5) is 0 Å². The fourth-order valence-corrected chi connectivity index (χ4v) is 3.23. The van der Waals surface area contributed by atoms with Crippen LogP contribution in [0, 0.1) is 5.92 Å². The summed E-state index contributed by atoms with van der Waals surface area (Å²) in [6.07, 6.45) is 4.42. The smallest absolute Gasteiger partial charge is 0.306 e. The van der Waals surface area contributed by atoms with Gasteiger partial charge in [-0.15, -0.1) is 0 Å². The third-order valence-electron chi connectivity index (χ3n) is 4.63. The van der Waals surface area contributed by atoms with E-state index in [1.54, 1.807) is 7.11 Å². The van der Waals surface area contributed by atoms with E-state index in [4.69, 9.17) is 14.6 Å². The standard InChI is InChI=1S/C18H21NO5/c1-23-15-4-2-3-12-9-13(10-24-16(12)15)17(20)19-14-7-5-11(6-8-14)18(21)22/h2-4,9,11,14H,5-8,10H2,1H3,(H,19,20)(H,21,22). The normalized spacial score (nSPS) is 22.6. The summed E-state index contributed by atoms with van der Waals surface area (Å²) >= 11 is 0. The summed E-state index contributed by atoms with van der Waals surface area (Å²) in [7, 11) is 1.58. The lowest BCUT2D eigenvalue weighted by Crippen LogP contribution is -2.40. The molecule has 1 amide bonds. The van der Waals surface area contributed by atoms with Gasteiger partial charge in [-0.25, -0.2) is 0 Å². The van der Waals surface area contributed by atoms with Gasteiger partial charge in [0.25, 0.3) is 5.91 Å². The highest BCUT2D eigenvalue weighted by molar-refractivity contribution is 5.99. The van der Waals surface area contributed by atoms with Gasteiger partial charge in [-0.3, -0.25) is 9.59 Å². The Labute approximate surface area is 140 Å². The molecule has 0 spiro atoms. The van der Waals surface area contributed by atoms with Crippen molar-refractivity contribution in [3.63, 3.8) is 0 Å². The molecule has 1 aromatic rings. The zero-order chi connectivity index (χ0) is 17.1. The van der Waals surface area contributed by atoms with E-state index in [9.17, 15) is 9.59 Å². The van der Waals surface area contributed by atoms with Crippen molar-refractivity contribution in [3.05, 3.63) is 29.3 Å². The monoisotopic (exact) mass is 331 g/mol. The summed E-state index contributed by atoms with van der Waals surface area (Å²) in [6, 6.07) is 5.58. The molecule has 6 heteroatoms. The molecule has 6 nitrogen and oxygen atoms in total. The van der Waals surface area contributed by atoms with Gasteiger partial charge >= 0.3 is 5.97 Å². The van der Waals surface area contributed by atoms with Crippen LogP contribution in [0.1, 0.15) is 31.2 Å². The van der Waals surface area contributed by atoms with E-state index >= 15 is 0 Å². The zero-order valence-corrected chi connectivity index (χ0v) is 13.6. The first kappa shape index (κ1) is 16.4. The van der Waals surface area contributed by atoms with Gasteiger partial charge in [-0.05, 0) is 37.8 Å². The van der Waals surface area contributed by atoms with Gasteiger partial charge in [-0.2, -0.15) is 0 Å². The highest BCUT2D eigenvalue weighted by Gasteiger charge is 2.28. The van der Waals surface area contributed by atoms with Crippen LogP contribution >= 0.6 is 0 Å². The number of nitrogens with one attached hydrogen (secondary N) is 1. The predicted molar refractivity (Wildman–Crippen MR) is 88.0 cm³/mol. The van der Waals surface area contributed by atoms with Crippen LogP contribution in [0.15, 0.2) is 23.8 Å². The molecule has 3 rings (SSSR count). The second-order valence-electron chi connectivity index (χ2n) is 6.20. The van der Waals surface area contributed by atoms with Crippen molar-refractivity contribution in [2.24, 2.45) is 5.92 Å². The topological polar surface area (TPSA) is 84.9 Å². The molecule has 1 fully saturated rings. The number of ether oxygens (including phenoxy) is 2. The Hall–Kier alpha value is -2.50. The number of para-hydroxylation sites is 1. The van der Waals surface area contributed by atoms with Gasteiger partial charge in [0, 0.05) is 11.6 Å². The second-order valence-corrected chi connectivity index (χ2v) is 6.20. The van der Waals surface area contributed by atoms with Gasteiger partial charge in [0.15, 0.2) is 11.5 Å². The summed E-state index contributed by atoms with van der Waals surface area (Å²) in [6.45, 7) is 0.198. The van der Waals surface area contributed by atoms with Gasteiger partial charge < -0.3 is 19.9 Å². The molecule has 2 aliphatic rings. The van der Waals surface area contributed by atoms with Crippen molar-refractivity contribution < 1.29 is 24.2 Å². The SMILES string of the molecule is COc1cccc2c1OCC(C(=O)NC1CCC(C(=O)O)CC1)=C2. The number of methoxy groups -OCH3 is 1. The van der Waals surface area contributed by atoms with Gasteiger partial charge in [0.05, 0.1) is 18.6 Å². The van der Waals surface area contributed by atoms with Crippen molar-refractivity contribution in [2.45, 2.75) is 31.7 Å². The summed E-state index contributed by atoms with van der Waals surface area (Å²) < 4.78 is 10.9. The molecule has 1 aromatic carbocycles. The van der Waals surface area contributed by atoms with Crippen molar-refractivity contribution >= 4 is 18.0 Å². The van der Waals surface area contributed by atoms with E-state index < -0.39 is 5.97 Å². The summed E-state index contributed by atoms with van der Waals surface area (Å²) in [4.78, 5) is 23.4. The molecule has 1 aliphatic heterocycles. The lowest BCUT2D eigenvalue weighted by Gasteiger charge is -2.27. The fourth-order valence-electron chi connectivity index (χ4n) is 3.23. The molecule has 0 saturated heterocycles. The molecule has 1 aliphatic carbocycles. The number of carbonyl (C=O) groups excluding carboxylic acids is 1. The number of carboxylic acid groups (broad SMARTS) is 1. The van der Waals surface area contributed by atoms with Gasteiger partial charge in [0.2, 0.25) is 0 Å². The zero-order valence-electron chi connectivity index (χ0n) is 13.6. The number of hydrogen-bond donors (Lipinski definition) is 2. The van der Waals surface area contributed by atoms with Crippen molar-refractivity contribution in [2.75, 3.05) is 13.7 Å². The molecule has 0 radical (unpaired) electrons. The van der Waals surface area contributed by atoms with Crippen LogP contribution in [-0.4, -0.2) is 36.7 Å². The van der Waals surface area contributed by atoms with Crippen LogP contribution in [0.2, 0.25) is 0 Å². The quantitative estimate of drug-likeness (QED) is 0.884. The highest BCUT2D eigenvalue weighted by Crippen LogP contribution is 2.35. The molecule has 128 valence electrons. The summed E-state index contributed by atoms with van der Waals surface area (Å²) in [5.41, 5.74) is 1.39. The molecule has 24 heavy (non-hydrogen) atoms. The van der Waals surface area contributed by atoms with E-state index in [1.807, 2.05) is 24.3 Å². The third-order valence-corrected chi connectivity index (χ3v) is 4.63. The third kappa shape index (κ3) is 3.37. The van der Waals surface area contributed by atoms with Crippen LogP contribution in [0.3, 0.4) is 0 Å². The number of amides is 1. The summed E-state index contributed by atoms with van der Waals surface area (Å²) in [5, 5.41) is 12.0. The van der Waals surface area contributed by atoms with Gasteiger partial charge in [0.1, 0.15) is 6.61 Å². The van der Waals surface area contributed by atoms with E-state index in [-0.39, 0.29) is 24.5 Å². The number of carbonyl (C=O) groups is 2. The molecule has 2 N–H and O–H groups in total. The number of carboxylic acids is 1. The lowest BCUT2D eigenvalue weighted by atomic mass is 9.86. The van der Waals surface area contributed by atoms with Crippen LogP contribution in [-0.2, 0) is 9.59 Å². The maximum Gasteiger partial charge on any atom is 0.306 e. The second kappa shape index (κ2) is 6.95. The maximum absolute atomic E-state index is 12.4. The molecule has 0 aromatic heterocycles. The average molecular weight is 331 g/mol. The average Bonchev–Trinajstić information content (AvgIpc) is 2.61. The minimum Gasteiger partial charge on any atom is -0.493 e. The lowest BCUT2D eigenvalue weighted by molar-refractivity contribution is -0.142. The first-order valence-corrected chi connectivity index (χ1v) is 8.12. The minimum atomic E-state index is -0.742. The molecule has 1 saturated carbocycles. The minimum absolute atomic E-state index is 0.0284. The van der Waals surface area contributed by atoms with E-state index in [0.717, 1.165) is 5.56 Å². The predicted octanol–water partition coefficient (Wildman–Crippen LogP) is 2.23. The molecular weight excluding hydrogens is 310 g/mol. The van der Waals surface area contributed by atoms with Crippen LogP contribution in [0.25, 0.3) is 6.08 Å². The Morgan fingerprint density at radius 3 is 2.67 bits per heavy atom. The maximum atomic E-state index is 12.4. The van der Waals surface area contributed by atoms with E-state index in [1.165, 1.54) is 0 Å². The van der Waals surface area contributed by atoms with Gasteiger partial charge in [-0.1, -0.05) is 12.1 Å². The first-order valence-electron chi connectivity index (χ1n) is 8.12. The molecule has 1 heterocycles. The van der Waals surface area contributed by atoms with Crippen molar-refractivity contribution in [1.29, 1.82) is 0 Å². The molecule has 0 unspecified atom stereocenters. The van der Waals surface area contributed by atoms with Crippen LogP contribution < -0.4 is 14.8 Å². The first-order chi connectivity index (χ1) is 11.6. The van der Waals surface area contributed by atoms with E-state index in [0.29, 0.717) is 42.8 Å². The number of benzene rings is 1. The largest absolute Gasteiger partial charge is 0.493 e. The number of aliphatic carboxylic acids is 1. The Morgan fingerprint density at radius 2 is 2.00 bits per heavy atom. The Balaban J connectivity index is 1.64. The Morgan fingerprint density at radius 1 is 1.25 bits per heavy atom. The molecule has 0 atom stereocenters.